The normalized spacial score (nSPS) is 12.5. The average Bonchev–Trinajstić information content (AvgIpc) is 2.94. The van der Waals surface area contributed by atoms with Crippen molar-refractivity contribution in [3.05, 3.63) is 52.0 Å². The van der Waals surface area contributed by atoms with Gasteiger partial charge < -0.3 is 10.1 Å². The zero-order chi connectivity index (χ0) is 14.2. The van der Waals surface area contributed by atoms with Crippen LogP contribution in [0.4, 0.5) is 0 Å². The molecule has 0 bridgehead atoms. The van der Waals surface area contributed by atoms with Gasteiger partial charge in [0, 0.05) is 18.5 Å². The SMILES string of the molecule is CCCNCc1csc(C(OCC)c2ccccc2)n1. The predicted octanol–water partition coefficient (Wildman–Crippen LogP) is 3.77. The molecule has 0 saturated heterocycles. The van der Waals surface area contributed by atoms with Crippen LogP contribution in [0.5, 0.6) is 0 Å². The fourth-order valence-corrected chi connectivity index (χ4v) is 2.91. The van der Waals surface area contributed by atoms with Gasteiger partial charge in [-0.3, -0.25) is 0 Å². The molecule has 0 spiro atoms. The Hall–Kier alpha value is -1.23. The summed E-state index contributed by atoms with van der Waals surface area (Å²) in [7, 11) is 0. The summed E-state index contributed by atoms with van der Waals surface area (Å²) in [5.74, 6) is 0. The second kappa shape index (κ2) is 8.15. The molecule has 0 aliphatic rings. The number of hydrogen-bond acceptors (Lipinski definition) is 4. The third-order valence-electron chi connectivity index (χ3n) is 2.96. The summed E-state index contributed by atoms with van der Waals surface area (Å²) >= 11 is 1.67. The summed E-state index contributed by atoms with van der Waals surface area (Å²) in [5, 5.41) is 6.53. The molecule has 1 aromatic heterocycles. The summed E-state index contributed by atoms with van der Waals surface area (Å²) in [5.41, 5.74) is 2.26. The number of hydrogen-bond donors (Lipinski definition) is 1. The lowest BCUT2D eigenvalue weighted by Gasteiger charge is -2.14. The molecule has 0 radical (unpaired) electrons. The quantitative estimate of drug-likeness (QED) is 0.752. The van der Waals surface area contributed by atoms with E-state index in [1.807, 2.05) is 25.1 Å². The molecule has 1 unspecified atom stereocenters. The summed E-state index contributed by atoms with van der Waals surface area (Å²) in [6.45, 7) is 6.73. The second-order valence-electron chi connectivity index (χ2n) is 4.60. The number of ether oxygens (including phenoxy) is 1. The Balaban J connectivity index is 2.10. The van der Waals surface area contributed by atoms with E-state index in [9.17, 15) is 0 Å². The first-order valence-corrected chi connectivity index (χ1v) is 8.04. The van der Waals surface area contributed by atoms with Gasteiger partial charge in [0.2, 0.25) is 0 Å². The molecule has 108 valence electrons. The number of rotatable bonds is 8. The third kappa shape index (κ3) is 4.13. The lowest BCUT2D eigenvalue weighted by molar-refractivity contribution is 0.0910. The maximum Gasteiger partial charge on any atom is 0.134 e. The molecule has 4 heteroatoms. The van der Waals surface area contributed by atoms with Crippen molar-refractivity contribution in [2.75, 3.05) is 13.2 Å². The Kier molecular flexibility index (Phi) is 6.18. The molecule has 0 fully saturated rings. The highest BCUT2D eigenvalue weighted by Gasteiger charge is 2.17. The minimum absolute atomic E-state index is 0.0499. The van der Waals surface area contributed by atoms with E-state index in [1.54, 1.807) is 11.3 Å². The van der Waals surface area contributed by atoms with Crippen molar-refractivity contribution < 1.29 is 4.74 Å². The molecule has 1 N–H and O–H groups in total. The van der Waals surface area contributed by atoms with Crippen molar-refractivity contribution in [3.8, 4) is 0 Å². The van der Waals surface area contributed by atoms with Gasteiger partial charge in [-0.15, -0.1) is 11.3 Å². The fourth-order valence-electron chi connectivity index (χ4n) is 2.02. The highest BCUT2D eigenvalue weighted by molar-refractivity contribution is 7.09. The molecule has 1 atom stereocenters. The van der Waals surface area contributed by atoms with Crippen molar-refractivity contribution in [1.82, 2.24) is 10.3 Å². The molecule has 3 nitrogen and oxygen atoms in total. The molecule has 0 saturated carbocycles. The van der Waals surface area contributed by atoms with E-state index in [2.05, 4.69) is 29.8 Å². The number of benzene rings is 1. The molecule has 2 aromatic rings. The van der Waals surface area contributed by atoms with E-state index < -0.39 is 0 Å². The average molecular weight is 290 g/mol. The number of aromatic nitrogens is 1. The van der Waals surface area contributed by atoms with E-state index in [-0.39, 0.29) is 6.10 Å². The zero-order valence-corrected chi connectivity index (χ0v) is 13.0. The smallest absolute Gasteiger partial charge is 0.134 e. The van der Waals surface area contributed by atoms with Crippen LogP contribution in [0.15, 0.2) is 35.7 Å². The summed E-state index contributed by atoms with van der Waals surface area (Å²) in [6.07, 6.45) is 1.09. The minimum Gasteiger partial charge on any atom is -0.367 e. The molecule has 1 aromatic carbocycles. The van der Waals surface area contributed by atoms with Gasteiger partial charge in [0.15, 0.2) is 0 Å². The van der Waals surface area contributed by atoms with Crippen molar-refractivity contribution in [2.24, 2.45) is 0 Å². The van der Waals surface area contributed by atoms with Crippen LogP contribution in [0.1, 0.15) is 42.6 Å². The third-order valence-corrected chi connectivity index (χ3v) is 3.90. The lowest BCUT2D eigenvalue weighted by Crippen LogP contribution is -2.14. The van der Waals surface area contributed by atoms with Gasteiger partial charge in [-0.1, -0.05) is 37.3 Å². The van der Waals surface area contributed by atoms with Crippen LogP contribution in [-0.2, 0) is 11.3 Å². The number of nitrogens with one attached hydrogen (secondary N) is 1. The second-order valence-corrected chi connectivity index (χ2v) is 5.49. The molecule has 0 aliphatic heterocycles. The van der Waals surface area contributed by atoms with Gasteiger partial charge in [0.05, 0.1) is 5.69 Å². The van der Waals surface area contributed by atoms with Gasteiger partial charge in [0.25, 0.3) is 0 Å². The molecule has 0 amide bonds. The monoisotopic (exact) mass is 290 g/mol. The van der Waals surface area contributed by atoms with E-state index >= 15 is 0 Å². The Morgan fingerprint density at radius 3 is 2.75 bits per heavy atom. The van der Waals surface area contributed by atoms with Crippen LogP contribution in [-0.4, -0.2) is 18.1 Å². The van der Waals surface area contributed by atoms with Crippen LogP contribution in [0, 0.1) is 0 Å². The van der Waals surface area contributed by atoms with Crippen molar-refractivity contribution in [3.63, 3.8) is 0 Å². The lowest BCUT2D eigenvalue weighted by atomic mass is 10.1. The zero-order valence-electron chi connectivity index (χ0n) is 12.1. The minimum atomic E-state index is -0.0499. The van der Waals surface area contributed by atoms with E-state index in [4.69, 9.17) is 9.72 Å². The number of nitrogens with zero attached hydrogens (tertiary/aromatic N) is 1. The highest BCUT2D eigenvalue weighted by atomic mass is 32.1. The largest absolute Gasteiger partial charge is 0.367 e. The van der Waals surface area contributed by atoms with Gasteiger partial charge in [-0.05, 0) is 25.5 Å². The van der Waals surface area contributed by atoms with Crippen molar-refractivity contribution in [2.45, 2.75) is 32.9 Å². The summed E-state index contributed by atoms with van der Waals surface area (Å²) in [4.78, 5) is 4.71. The van der Waals surface area contributed by atoms with Crippen molar-refractivity contribution >= 4 is 11.3 Å². The highest BCUT2D eigenvalue weighted by Crippen LogP contribution is 2.28. The van der Waals surface area contributed by atoms with E-state index in [1.165, 1.54) is 0 Å². The van der Waals surface area contributed by atoms with Gasteiger partial charge in [-0.25, -0.2) is 4.98 Å². The Morgan fingerprint density at radius 1 is 1.25 bits per heavy atom. The van der Waals surface area contributed by atoms with Gasteiger partial charge >= 0.3 is 0 Å². The fraction of sp³-hybridized carbons (Fsp3) is 0.438. The summed E-state index contributed by atoms with van der Waals surface area (Å²) in [6, 6.07) is 10.3. The Bertz CT molecular complexity index is 498. The maximum atomic E-state index is 5.88. The standard InChI is InChI=1S/C16H22N2OS/c1-3-10-17-11-14-12-20-16(18-14)15(19-4-2)13-8-6-5-7-9-13/h5-9,12,15,17H,3-4,10-11H2,1-2H3. The van der Waals surface area contributed by atoms with E-state index in [0.717, 1.165) is 35.8 Å². The Labute approximate surface area is 125 Å². The first-order chi connectivity index (χ1) is 9.85. The summed E-state index contributed by atoms with van der Waals surface area (Å²) < 4.78 is 5.88. The van der Waals surface area contributed by atoms with Crippen LogP contribution < -0.4 is 5.32 Å². The van der Waals surface area contributed by atoms with E-state index in [0.29, 0.717) is 6.61 Å². The first-order valence-electron chi connectivity index (χ1n) is 7.16. The van der Waals surface area contributed by atoms with Gasteiger partial charge in [0.1, 0.15) is 11.1 Å². The van der Waals surface area contributed by atoms with Crippen LogP contribution in [0.25, 0.3) is 0 Å². The molecule has 2 rings (SSSR count). The molecular formula is C16H22N2OS. The molecule has 20 heavy (non-hydrogen) atoms. The van der Waals surface area contributed by atoms with Crippen molar-refractivity contribution in [1.29, 1.82) is 0 Å². The first kappa shape index (κ1) is 15.2. The molecular weight excluding hydrogens is 268 g/mol. The maximum absolute atomic E-state index is 5.88. The van der Waals surface area contributed by atoms with Gasteiger partial charge in [-0.2, -0.15) is 0 Å². The van der Waals surface area contributed by atoms with Crippen LogP contribution in [0.3, 0.4) is 0 Å². The topological polar surface area (TPSA) is 34.1 Å². The Morgan fingerprint density at radius 2 is 2.05 bits per heavy atom. The number of thiazole rings is 1. The van der Waals surface area contributed by atoms with Crippen LogP contribution >= 0.6 is 11.3 Å². The van der Waals surface area contributed by atoms with Crippen LogP contribution in [0.2, 0.25) is 0 Å². The molecule has 0 aliphatic carbocycles. The predicted molar refractivity (Wildman–Crippen MR) is 84.0 cm³/mol. The molecule has 1 heterocycles.